The number of nitrogens with one attached hydrogen (secondary N) is 2. The molecule has 1 heterocycles. The van der Waals surface area contributed by atoms with Crippen LogP contribution < -0.4 is 10.6 Å². The lowest BCUT2D eigenvalue weighted by Crippen LogP contribution is -2.46. The number of aliphatic hydroxyl groups is 1. The quantitative estimate of drug-likeness (QED) is 0.623. The first kappa shape index (κ1) is 13.4. The predicted octanol–water partition coefficient (Wildman–Crippen LogP) is 0.220. The molecule has 0 aromatic heterocycles. The van der Waals surface area contributed by atoms with E-state index in [1.54, 1.807) is 12.1 Å². The first-order valence-corrected chi connectivity index (χ1v) is 6.01. The highest BCUT2D eigenvalue weighted by Gasteiger charge is 2.30. The maximum atomic E-state index is 11.9. The highest BCUT2D eigenvalue weighted by molar-refractivity contribution is 5.96. The Morgan fingerprint density at radius 2 is 2.21 bits per heavy atom. The van der Waals surface area contributed by atoms with Crippen molar-refractivity contribution < 1.29 is 19.8 Å². The van der Waals surface area contributed by atoms with Gasteiger partial charge < -0.3 is 20.8 Å². The van der Waals surface area contributed by atoms with Crippen LogP contribution in [0.3, 0.4) is 0 Å². The lowest BCUT2D eigenvalue weighted by Gasteiger charge is -2.18. The molecule has 1 atom stereocenters. The van der Waals surface area contributed by atoms with Gasteiger partial charge in [0.05, 0.1) is 6.54 Å². The molecule has 2 rings (SSSR count). The summed E-state index contributed by atoms with van der Waals surface area (Å²) < 4.78 is 0. The summed E-state index contributed by atoms with van der Waals surface area (Å²) in [5.41, 5.74) is 0.561. The summed E-state index contributed by atoms with van der Waals surface area (Å²) in [5.74, 6) is -1.78. The molecular formula is C13H16N2O4. The van der Waals surface area contributed by atoms with Crippen LogP contribution in [0.5, 0.6) is 0 Å². The van der Waals surface area contributed by atoms with Crippen molar-refractivity contribution in [2.45, 2.75) is 18.9 Å². The maximum absolute atomic E-state index is 11.9. The summed E-state index contributed by atoms with van der Waals surface area (Å²) in [5, 5.41) is 23.8. The third-order valence-corrected chi connectivity index (χ3v) is 3.14. The molecule has 1 aliphatic heterocycles. The summed E-state index contributed by atoms with van der Waals surface area (Å²) in [7, 11) is 0. The molecule has 0 saturated heterocycles. The lowest BCUT2D eigenvalue weighted by atomic mass is 10.1. The highest BCUT2D eigenvalue weighted by atomic mass is 16.4. The van der Waals surface area contributed by atoms with Crippen molar-refractivity contribution in [2.75, 3.05) is 18.4 Å². The number of amides is 1. The van der Waals surface area contributed by atoms with Gasteiger partial charge in [0.1, 0.15) is 0 Å². The zero-order chi connectivity index (χ0) is 14.0. The van der Waals surface area contributed by atoms with E-state index in [9.17, 15) is 14.7 Å². The number of carbonyl (C=O) groups excluding carboxylic acids is 1. The molecule has 1 aromatic carbocycles. The van der Waals surface area contributed by atoms with Crippen molar-refractivity contribution in [2.24, 2.45) is 0 Å². The van der Waals surface area contributed by atoms with Crippen molar-refractivity contribution in [1.29, 1.82) is 0 Å². The lowest BCUT2D eigenvalue weighted by molar-refractivity contribution is -0.155. The number of hydrogen-bond acceptors (Lipinski definition) is 4. The Morgan fingerprint density at radius 3 is 2.89 bits per heavy atom. The van der Waals surface area contributed by atoms with Gasteiger partial charge in [-0.05, 0) is 31.0 Å². The molecule has 1 aliphatic rings. The van der Waals surface area contributed by atoms with E-state index in [2.05, 4.69) is 10.6 Å². The van der Waals surface area contributed by atoms with Crippen LogP contribution in [-0.2, 0) is 11.2 Å². The number of carboxylic acids is 1. The molecule has 19 heavy (non-hydrogen) atoms. The van der Waals surface area contributed by atoms with Crippen molar-refractivity contribution in [3.8, 4) is 0 Å². The van der Waals surface area contributed by atoms with Gasteiger partial charge in [0, 0.05) is 17.8 Å². The second-order valence-corrected chi connectivity index (χ2v) is 4.81. The van der Waals surface area contributed by atoms with Gasteiger partial charge in [0.25, 0.3) is 5.91 Å². The van der Waals surface area contributed by atoms with Crippen LogP contribution in [0.4, 0.5) is 5.69 Å². The highest BCUT2D eigenvalue weighted by Crippen LogP contribution is 2.23. The van der Waals surface area contributed by atoms with Crippen molar-refractivity contribution in [3.63, 3.8) is 0 Å². The van der Waals surface area contributed by atoms with Crippen LogP contribution in [0, 0.1) is 0 Å². The topological polar surface area (TPSA) is 98.7 Å². The molecular weight excluding hydrogens is 248 g/mol. The molecule has 102 valence electrons. The summed E-state index contributed by atoms with van der Waals surface area (Å²) in [6, 6.07) is 5.30. The molecule has 4 N–H and O–H groups in total. The molecule has 6 heteroatoms. The number of anilines is 1. The van der Waals surface area contributed by atoms with Crippen molar-refractivity contribution >= 4 is 17.6 Å². The van der Waals surface area contributed by atoms with Crippen LogP contribution in [0.25, 0.3) is 0 Å². The predicted molar refractivity (Wildman–Crippen MR) is 69.2 cm³/mol. The van der Waals surface area contributed by atoms with Gasteiger partial charge in [-0.2, -0.15) is 0 Å². The fraction of sp³-hybridized carbons (Fsp3) is 0.385. The van der Waals surface area contributed by atoms with E-state index in [4.69, 9.17) is 5.11 Å². The summed E-state index contributed by atoms with van der Waals surface area (Å²) in [4.78, 5) is 22.6. The average molecular weight is 264 g/mol. The van der Waals surface area contributed by atoms with Crippen LogP contribution in [0.15, 0.2) is 18.2 Å². The van der Waals surface area contributed by atoms with Gasteiger partial charge in [0.2, 0.25) is 0 Å². The zero-order valence-corrected chi connectivity index (χ0v) is 10.6. The second kappa shape index (κ2) is 4.89. The third kappa shape index (κ3) is 2.85. The van der Waals surface area contributed by atoms with Crippen molar-refractivity contribution in [1.82, 2.24) is 5.32 Å². The largest absolute Gasteiger partial charge is 0.479 e. The standard InChI is InChI=1S/C13H16N2O4/c1-13(19,12(17)18)7-15-11(16)9-3-2-8-4-5-14-10(8)6-9/h2-3,6,14,19H,4-5,7H2,1H3,(H,15,16)(H,17,18). The van der Waals surface area contributed by atoms with Gasteiger partial charge in [-0.15, -0.1) is 0 Å². The molecule has 0 spiro atoms. The Balaban J connectivity index is 2.03. The zero-order valence-electron chi connectivity index (χ0n) is 10.6. The summed E-state index contributed by atoms with van der Waals surface area (Å²) >= 11 is 0. The Kier molecular flexibility index (Phi) is 3.44. The first-order chi connectivity index (χ1) is 8.90. The second-order valence-electron chi connectivity index (χ2n) is 4.81. The molecule has 0 bridgehead atoms. The molecule has 1 unspecified atom stereocenters. The minimum atomic E-state index is -1.97. The number of aliphatic carboxylic acids is 1. The minimum Gasteiger partial charge on any atom is -0.479 e. The van der Waals surface area contributed by atoms with Crippen LogP contribution in [0.2, 0.25) is 0 Å². The Labute approximate surface area is 110 Å². The molecule has 1 aromatic rings. The van der Waals surface area contributed by atoms with Gasteiger partial charge in [-0.1, -0.05) is 6.07 Å². The van der Waals surface area contributed by atoms with E-state index >= 15 is 0 Å². The normalized spacial score (nSPS) is 16.1. The van der Waals surface area contributed by atoms with E-state index in [1.807, 2.05) is 6.07 Å². The number of benzene rings is 1. The SMILES string of the molecule is CC(O)(CNC(=O)c1ccc2c(c1)NCC2)C(=O)O. The maximum Gasteiger partial charge on any atom is 0.337 e. The molecule has 0 radical (unpaired) electrons. The Hall–Kier alpha value is -2.08. The van der Waals surface area contributed by atoms with Gasteiger partial charge in [-0.3, -0.25) is 4.79 Å². The van der Waals surface area contributed by atoms with E-state index in [0.29, 0.717) is 5.56 Å². The Bertz CT molecular complexity index is 525. The summed E-state index contributed by atoms with van der Waals surface area (Å²) in [6.45, 7) is 1.65. The van der Waals surface area contributed by atoms with E-state index in [0.717, 1.165) is 31.1 Å². The molecule has 0 aliphatic carbocycles. The van der Waals surface area contributed by atoms with Crippen LogP contribution in [-0.4, -0.2) is 40.8 Å². The third-order valence-electron chi connectivity index (χ3n) is 3.14. The fourth-order valence-corrected chi connectivity index (χ4v) is 1.86. The molecule has 6 nitrogen and oxygen atoms in total. The van der Waals surface area contributed by atoms with Crippen LogP contribution >= 0.6 is 0 Å². The average Bonchev–Trinajstić information content (AvgIpc) is 2.82. The minimum absolute atomic E-state index is 0.342. The Morgan fingerprint density at radius 1 is 1.47 bits per heavy atom. The van der Waals surface area contributed by atoms with Gasteiger partial charge in [0.15, 0.2) is 5.60 Å². The summed E-state index contributed by atoms with van der Waals surface area (Å²) in [6.07, 6.45) is 0.935. The number of fused-ring (bicyclic) bond motifs is 1. The van der Waals surface area contributed by atoms with Crippen molar-refractivity contribution in [3.05, 3.63) is 29.3 Å². The fourth-order valence-electron chi connectivity index (χ4n) is 1.86. The molecule has 0 saturated carbocycles. The first-order valence-electron chi connectivity index (χ1n) is 6.01. The number of carbonyl (C=O) groups is 2. The van der Waals surface area contributed by atoms with E-state index in [1.165, 1.54) is 0 Å². The number of rotatable bonds is 4. The van der Waals surface area contributed by atoms with Gasteiger partial charge >= 0.3 is 5.97 Å². The number of hydrogen-bond donors (Lipinski definition) is 4. The molecule has 0 fully saturated rings. The smallest absolute Gasteiger partial charge is 0.337 e. The van der Waals surface area contributed by atoms with Gasteiger partial charge in [-0.25, -0.2) is 4.79 Å². The monoisotopic (exact) mass is 264 g/mol. The molecule has 1 amide bonds. The van der Waals surface area contributed by atoms with E-state index in [-0.39, 0.29) is 6.54 Å². The van der Waals surface area contributed by atoms with E-state index < -0.39 is 17.5 Å². The number of carboxylic acid groups (broad SMARTS) is 1. The van der Waals surface area contributed by atoms with Crippen LogP contribution in [0.1, 0.15) is 22.8 Å².